The smallest absolute Gasteiger partial charge is 0.410 e. The Morgan fingerprint density at radius 1 is 1.10 bits per heavy atom. The minimum Gasteiger partial charge on any atom is -0.465 e. The molecule has 2 aliphatic rings. The molecule has 2 amide bonds. The normalized spacial score (nSPS) is 26.7. The molecule has 2 fully saturated rings. The van der Waals surface area contributed by atoms with Crippen molar-refractivity contribution in [2.75, 3.05) is 26.2 Å². The summed E-state index contributed by atoms with van der Waals surface area (Å²) in [5.41, 5.74) is -0.535. The average molecular weight is 302 g/mol. The Bertz CT molecular complexity index is 415. The Labute approximate surface area is 123 Å². The summed E-state index contributed by atoms with van der Waals surface area (Å²) in [4.78, 5) is 25.2. The van der Waals surface area contributed by atoms with Gasteiger partial charge in [-0.25, -0.2) is 9.59 Å². The number of likely N-dealkylation sites (tertiary alicyclic amines) is 2. The van der Waals surface area contributed by atoms with Crippen LogP contribution in [0.4, 0.5) is 9.59 Å². The van der Waals surface area contributed by atoms with Crippen molar-refractivity contribution in [1.29, 1.82) is 0 Å². The molecule has 0 saturated carbocycles. The van der Waals surface area contributed by atoms with Crippen LogP contribution in [0.5, 0.6) is 0 Å². The maximum absolute atomic E-state index is 11.7. The molecule has 0 radical (unpaired) electrons. The molecule has 21 heavy (non-hydrogen) atoms. The van der Waals surface area contributed by atoms with E-state index in [1.165, 1.54) is 4.90 Å². The lowest BCUT2D eigenvalue weighted by molar-refractivity contribution is -0.111. The number of carboxylic acid groups (broad SMARTS) is 1. The van der Waals surface area contributed by atoms with Crippen molar-refractivity contribution in [2.45, 2.75) is 44.7 Å². The van der Waals surface area contributed by atoms with Gasteiger partial charge in [-0.1, -0.05) is 0 Å². The number of hydrogen-bond donors (Lipinski definition) is 2. The van der Waals surface area contributed by atoms with Crippen LogP contribution in [0.3, 0.4) is 0 Å². The summed E-state index contributed by atoms with van der Waals surface area (Å²) in [6.07, 6.45) is -3.00. The van der Waals surface area contributed by atoms with Crippen molar-refractivity contribution in [3.05, 3.63) is 0 Å². The predicted octanol–water partition coefficient (Wildman–Crippen LogP) is 0.345. The second-order valence-electron chi connectivity index (χ2n) is 6.44. The molecule has 2 rings (SSSR count). The highest BCUT2D eigenvalue weighted by molar-refractivity contribution is 5.69. The summed E-state index contributed by atoms with van der Waals surface area (Å²) < 4.78 is 10.9. The SMILES string of the molecule is CC(C)(C)OC(=O)N1CC(OC2CN(C(=O)O)CC2O)C1. The van der Waals surface area contributed by atoms with Gasteiger partial charge < -0.3 is 29.5 Å². The van der Waals surface area contributed by atoms with Crippen LogP contribution in [0.15, 0.2) is 0 Å². The van der Waals surface area contributed by atoms with Crippen LogP contribution in [-0.4, -0.2) is 82.3 Å². The zero-order chi connectivity index (χ0) is 15.8. The molecule has 2 saturated heterocycles. The van der Waals surface area contributed by atoms with Gasteiger partial charge in [-0.2, -0.15) is 0 Å². The third-order valence-electron chi connectivity index (χ3n) is 3.37. The molecular formula is C13H22N2O6. The predicted molar refractivity (Wildman–Crippen MR) is 72.1 cm³/mol. The molecule has 8 heteroatoms. The van der Waals surface area contributed by atoms with Crippen LogP contribution in [0, 0.1) is 0 Å². The van der Waals surface area contributed by atoms with Crippen LogP contribution in [0.1, 0.15) is 20.8 Å². The fourth-order valence-corrected chi connectivity index (χ4v) is 2.29. The summed E-state index contributed by atoms with van der Waals surface area (Å²) in [6, 6.07) is 0. The molecule has 2 N–H and O–H groups in total. The first-order chi connectivity index (χ1) is 9.65. The van der Waals surface area contributed by atoms with E-state index < -0.39 is 23.9 Å². The number of carbonyl (C=O) groups excluding carboxylic acids is 1. The molecule has 0 aliphatic carbocycles. The quantitative estimate of drug-likeness (QED) is 0.763. The van der Waals surface area contributed by atoms with Crippen molar-refractivity contribution >= 4 is 12.2 Å². The van der Waals surface area contributed by atoms with Crippen LogP contribution in [0.2, 0.25) is 0 Å². The second-order valence-corrected chi connectivity index (χ2v) is 6.44. The number of hydrogen-bond acceptors (Lipinski definition) is 5. The minimum absolute atomic E-state index is 0.0580. The highest BCUT2D eigenvalue weighted by Gasteiger charge is 2.40. The van der Waals surface area contributed by atoms with Gasteiger partial charge in [0.25, 0.3) is 0 Å². The standard InChI is InChI=1S/C13H22N2O6/c1-13(2,3)21-12(19)15-4-8(5-15)20-10-7-14(11(17)18)6-9(10)16/h8-10,16H,4-7H2,1-3H3,(H,17,18). The van der Waals surface area contributed by atoms with Gasteiger partial charge in [0, 0.05) is 0 Å². The molecule has 2 unspecified atom stereocenters. The summed E-state index contributed by atoms with van der Waals surface area (Å²) >= 11 is 0. The van der Waals surface area contributed by atoms with Gasteiger partial charge in [0.1, 0.15) is 11.7 Å². The lowest BCUT2D eigenvalue weighted by Gasteiger charge is -2.40. The van der Waals surface area contributed by atoms with E-state index in [2.05, 4.69) is 0 Å². The van der Waals surface area contributed by atoms with Gasteiger partial charge >= 0.3 is 12.2 Å². The maximum Gasteiger partial charge on any atom is 0.410 e. The van der Waals surface area contributed by atoms with Crippen molar-refractivity contribution < 1.29 is 29.3 Å². The first-order valence-electron chi connectivity index (χ1n) is 6.95. The van der Waals surface area contributed by atoms with Crippen molar-refractivity contribution in [3.63, 3.8) is 0 Å². The van der Waals surface area contributed by atoms with E-state index in [4.69, 9.17) is 14.6 Å². The number of aliphatic hydroxyl groups is 1. The zero-order valence-electron chi connectivity index (χ0n) is 12.5. The summed E-state index contributed by atoms with van der Waals surface area (Å²) in [6.45, 7) is 6.40. The van der Waals surface area contributed by atoms with Crippen LogP contribution >= 0.6 is 0 Å². The topological polar surface area (TPSA) is 99.5 Å². The molecule has 2 heterocycles. The van der Waals surface area contributed by atoms with E-state index in [9.17, 15) is 14.7 Å². The molecular weight excluding hydrogens is 280 g/mol. The summed E-state index contributed by atoms with van der Waals surface area (Å²) in [5.74, 6) is 0. The fourth-order valence-electron chi connectivity index (χ4n) is 2.29. The average Bonchev–Trinajstić information content (AvgIpc) is 2.62. The second kappa shape index (κ2) is 5.69. The molecule has 8 nitrogen and oxygen atoms in total. The summed E-state index contributed by atoms with van der Waals surface area (Å²) in [5, 5.41) is 18.6. The van der Waals surface area contributed by atoms with E-state index in [1.807, 2.05) is 0 Å². The zero-order valence-corrected chi connectivity index (χ0v) is 12.5. The molecule has 2 atom stereocenters. The van der Waals surface area contributed by atoms with E-state index in [0.29, 0.717) is 13.1 Å². The minimum atomic E-state index is -1.07. The molecule has 0 aromatic rings. The monoisotopic (exact) mass is 302 g/mol. The Balaban J connectivity index is 1.73. The lowest BCUT2D eigenvalue weighted by atomic mass is 10.1. The van der Waals surface area contributed by atoms with Gasteiger partial charge in [0.2, 0.25) is 0 Å². The van der Waals surface area contributed by atoms with Gasteiger partial charge in [0.15, 0.2) is 0 Å². The first-order valence-corrected chi connectivity index (χ1v) is 6.95. The third kappa shape index (κ3) is 3.98. The number of β-amino-alcohol motifs (C(OH)–C–C–N with tert-alkyl or cyclic N) is 1. The molecule has 0 aromatic carbocycles. The Morgan fingerprint density at radius 3 is 2.19 bits per heavy atom. The lowest BCUT2D eigenvalue weighted by Crippen LogP contribution is -2.57. The Morgan fingerprint density at radius 2 is 1.71 bits per heavy atom. The van der Waals surface area contributed by atoms with Crippen molar-refractivity contribution in [2.24, 2.45) is 0 Å². The highest BCUT2D eigenvalue weighted by Crippen LogP contribution is 2.22. The number of ether oxygens (including phenoxy) is 2. The number of aliphatic hydroxyl groups excluding tert-OH is 1. The molecule has 120 valence electrons. The van der Waals surface area contributed by atoms with Gasteiger partial charge in [0.05, 0.1) is 38.4 Å². The number of amides is 2. The van der Waals surface area contributed by atoms with Gasteiger partial charge in [-0.15, -0.1) is 0 Å². The molecule has 0 spiro atoms. The van der Waals surface area contributed by atoms with Crippen LogP contribution in [-0.2, 0) is 9.47 Å². The van der Waals surface area contributed by atoms with Crippen LogP contribution < -0.4 is 0 Å². The molecule has 0 aromatic heterocycles. The maximum atomic E-state index is 11.7. The number of rotatable bonds is 2. The molecule has 0 bridgehead atoms. The van der Waals surface area contributed by atoms with E-state index >= 15 is 0 Å². The number of carbonyl (C=O) groups is 2. The number of nitrogens with zero attached hydrogens (tertiary/aromatic N) is 2. The van der Waals surface area contributed by atoms with Gasteiger partial charge in [-0.3, -0.25) is 0 Å². The Hall–Kier alpha value is -1.54. The van der Waals surface area contributed by atoms with Crippen LogP contribution in [0.25, 0.3) is 0 Å². The highest BCUT2D eigenvalue weighted by atomic mass is 16.6. The van der Waals surface area contributed by atoms with E-state index in [1.54, 1.807) is 20.8 Å². The summed E-state index contributed by atoms with van der Waals surface area (Å²) in [7, 11) is 0. The molecule has 2 aliphatic heterocycles. The van der Waals surface area contributed by atoms with E-state index in [-0.39, 0.29) is 25.3 Å². The Kier molecular flexibility index (Phi) is 4.29. The first kappa shape index (κ1) is 15.8. The third-order valence-corrected chi connectivity index (χ3v) is 3.37. The van der Waals surface area contributed by atoms with Crippen molar-refractivity contribution in [1.82, 2.24) is 9.80 Å². The largest absolute Gasteiger partial charge is 0.465 e. The fraction of sp³-hybridized carbons (Fsp3) is 0.846. The van der Waals surface area contributed by atoms with E-state index in [0.717, 1.165) is 4.90 Å². The van der Waals surface area contributed by atoms with Crippen molar-refractivity contribution in [3.8, 4) is 0 Å². The van der Waals surface area contributed by atoms with Gasteiger partial charge in [-0.05, 0) is 20.8 Å².